The van der Waals surface area contributed by atoms with E-state index in [1.54, 1.807) is 0 Å². The van der Waals surface area contributed by atoms with Crippen LogP contribution in [0.2, 0.25) is 0 Å². The molecule has 7 nitrogen and oxygen atoms in total. The minimum Gasteiger partial charge on any atom is -0.431 e. The molecule has 1 aromatic heterocycles. The van der Waals surface area contributed by atoms with Crippen molar-refractivity contribution in [3.8, 4) is 11.5 Å². The van der Waals surface area contributed by atoms with Crippen LogP contribution >= 0.6 is 22.0 Å². The first-order chi connectivity index (χ1) is 9.76. The minimum absolute atomic E-state index is 0.384. The van der Waals surface area contributed by atoms with Crippen LogP contribution < -0.4 is 8.92 Å². The molecule has 1 saturated heterocycles. The molecule has 118 valence electrons. The Bertz CT molecular complexity index is 626. The average molecular weight is 365 g/mol. The van der Waals surface area contributed by atoms with Crippen molar-refractivity contribution in [3.05, 3.63) is 10.3 Å². The van der Waals surface area contributed by atoms with Crippen LogP contribution in [0.5, 0.6) is 11.5 Å². The van der Waals surface area contributed by atoms with Crippen molar-refractivity contribution in [1.82, 2.24) is 0 Å². The summed E-state index contributed by atoms with van der Waals surface area (Å²) >= 11 is 0.607. The van der Waals surface area contributed by atoms with Gasteiger partial charge >= 0.3 is 21.9 Å². The fourth-order valence-electron chi connectivity index (χ4n) is 1.31. The number of thiophene rings is 1. The second-order valence-corrected chi connectivity index (χ2v) is 6.57. The summed E-state index contributed by atoms with van der Waals surface area (Å²) in [4.78, 5) is 11.4. The van der Waals surface area contributed by atoms with E-state index in [2.05, 4.69) is 8.92 Å². The Morgan fingerprint density at radius 2 is 2.19 bits per heavy atom. The topological polar surface area (TPSA) is 88.1 Å². The van der Waals surface area contributed by atoms with Crippen molar-refractivity contribution >= 4 is 37.3 Å². The van der Waals surface area contributed by atoms with Gasteiger partial charge in [0.25, 0.3) is 0 Å². The summed E-state index contributed by atoms with van der Waals surface area (Å²) in [5.41, 5.74) is 0. The lowest BCUT2D eigenvalue weighted by atomic mass is 10.3. The Morgan fingerprint density at radius 3 is 2.67 bits per heavy atom. The summed E-state index contributed by atoms with van der Waals surface area (Å²) < 4.78 is 64.4. The first-order valence-electron chi connectivity index (χ1n) is 5.29. The molecule has 2 rings (SSSR count). The number of halogens is 3. The van der Waals surface area contributed by atoms with Crippen LogP contribution in [0.15, 0.2) is 5.38 Å². The second kappa shape index (κ2) is 6.30. The fourth-order valence-corrected chi connectivity index (χ4v) is 2.70. The molecule has 0 N–H and O–H groups in total. The van der Waals surface area contributed by atoms with E-state index in [1.807, 2.05) is 0 Å². The monoisotopic (exact) mass is 364 g/mol. The summed E-state index contributed by atoms with van der Waals surface area (Å²) in [5, 5.41) is 0.974. The number of carbonyl (C=O) groups is 1. The first kappa shape index (κ1) is 16.2. The highest BCUT2D eigenvalue weighted by Gasteiger charge is 2.30. The predicted molar refractivity (Wildman–Crippen MR) is 66.1 cm³/mol. The largest absolute Gasteiger partial charge is 0.431 e. The van der Waals surface area contributed by atoms with Crippen molar-refractivity contribution in [1.29, 1.82) is 0 Å². The van der Waals surface area contributed by atoms with E-state index in [4.69, 9.17) is 20.2 Å². The summed E-state index contributed by atoms with van der Waals surface area (Å²) in [6, 6.07) is 0. The molecule has 12 heteroatoms. The van der Waals surface area contributed by atoms with Crippen LogP contribution in [0, 0.1) is 0 Å². The summed E-state index contributed by atoms with van der Waals surface area (Å²) in [6.07, 6.45) is -0.291. The summed E-state index contributed by atoms with van der Waals surface area (Å²) in [7, 11) is 0.322. The van der Waals surface area contributed by atoms with Gasteiger partial charge in [-0.25, -0.2) is 4.79 Å². The van der Waals surface area contributed by atoms with Gasteiger partial charge < -0.3 is 18.4 Å². The van der Waals surface area contributed by atoms with E-state index < -0.39 is 39.7 Å². The highest BCUT2D eigenvalue weighted by Crippen LogP contribution is 2.40. The van der Waals surface area contributed by atoms with E-state index in [1.165, 1.54) is 0 Å². The molecular weight excluding hydrogens is 358 g/mol. The van der Waals surface area contributed by atoms with Crippen molar-refractivity contribution in [2.45, 2.75) is 19.3 Å². The van der Waals surface area contributed by atoms with Gasteiger partial charge in [0.1, 0.15) is 0 Å². The number of ether oxygens (including phenoxy) is 3. The molecule has 0 spiro atoms. The van der Waals surface area contributed by atoms with Crippen molar-refractivity contribution in [2.24, 2.45) is 0 Å². The van der Waals surface area contributed by atoms with Crippen LogP contribution in [0.25, 0.3) is 0 Å². The van der Waals surface area contributed by atoms with Crippen molar-refractivity contribution < 1.29 is 40.4 Å². The molecule has 1 aliphatic heterocycles. The molecule has 0 amide bonds. The zero-order chi connectivity index (χ0) is 15.6. The number of carbonyl (C=O) groups excluding carboxylic acids is 1. The number of hydrogen-bond donors (Lipinski definition) is 0. The third kappa shape index (κ3) is 4.40. The molecule has 1 aromatic rings. The Balaban J connectivity index is 2.26. The number of hydrogen-bond acceptors (Lipinski definition) is 8. The molecule has 1 atom stereocenters. The molecule has 1 aliphatic rings. The highest BCUT2D eigenvalue weighted by atomic mass is 35.7. The lowest BCUT2D eigenvalue weighted by Crippen LogP contribution is -2.31. The van der Waals surface area contributed by atoms with Gasteiger partial charge in [-0.3, -0.25) is 0 Å². The van der Waals surface area contributed by atoms with E-state index in [9.17, 15) is 22.0 Å². The molecule has 0 bridgehead atoms. The molecule has 0 aromatic carbocycles. The quantitative estimate of drug-likeness (QED) is 0.564. The Hall–Kier alpha value is -1.17. The molecule has 0 saturated carbocycles. The standard InChI is InChI=1S/C9H7ClF2O7S2/c10-21(14,15)19-6-4(17-9(11)12)3-20-7(6)8(13)18-5-1-2-16-5/h3,5,9H,1-2H2. The van der Waals surface area contributed by atoms with Gasteiger partial charge in [-0.1, -0.05) is 0 Å². The van der Waals surface area contributed by atoms with Gasteiger partial charge in [0.15, 0.2) is 10.6 Å². The summed E-state index contributed by atoms with van der Waals surface area (Å²) in [5.74, 6) is -2.38. The molecule has 1 fully saturated rings. The van der Waals surface area contributed by atoms with Crippen LogP contribution in [0.3, 0.4) is 0 Å². The fraction of sp³-hybridized carbons (Fsp3) is 0.444. The molecule has 0 radical (unpaired) electrons. The zero-order valence-corrected chi connectivity index (χ0v) is 12.3. The van der Waals surface area contributed by atoms with Gasteiger partial charge in [-0.05, 0) is 0 Å². The van der Waals surface area contributed by atoms with Gasteiger partial charge in [0, 0.05) is 11.8 Å². The van der Waals surface area contributed by atoms with Crippen LogP contribution in [0.1, 0.15) is 16.1 Å². The molecule has 21 heavy (non-hydrogen) atoms. The van der Waals surface area contributed by atoms with Gasteiger partial charge in [0.2, 0.25) is 12.0 Å². The molecule has 1 unspecified atom stereocenters. The second-order valence-electron chi connectivity index (χ2n) is 3.61. The SMILES string of the molecule is O=C(OC1CCO1)c1scc(OC(F)F)c1OS(=O)(=O)Cl. The first-order valence-corrected chi connectivity index (χ1v) is 8.40. The third-order valence-electron chi connectivity index (χ3n) is 2.19. The molecule has 2 heterocycles. The maximum atomic E-state index is 12.2. The summed E-state index contributed by atoms with van der Waals surface area (Å²) in [6.45, 7) is -2.82. The maximum Gasteiger partial charge on any atom is 0.401 e. The van der Waals surface area contributed by atoms with E-state index in [0.717, 1.165) is 5.38 Å². The van der Waals surface area contributed by atoms with E-state index in [0.29, 0.717) is 24.4 Å². The number of alkyl halides is 2. The lowest BCUT2D eigenvalue weighted by molar-refractivity contribution is -0.184. The Labute approximate surface area is 125 Å². The van der Waals surface area contributed by atoms with Crippen molar-refractivity contribution in [2.75, 3.05) is 6.61 Å². The molecule has 0 aliphatic carbocycles. The Morgan fingerprint density at radius 1 is 1.52 bits per heavy atom. The minimum atomic E-state index is -4.57. The van der Waals surface area contributed by atoms with Crippen LogP contribution in [-0.2, 0) is 18.8 Å². The van der Waals surface area contributed by atoms with Crippen LogP contribution in [0.4, 0.5) is 8.78 Å². The number of esters is 1. The van der Waals surface area contributed by atoms with Crippen LogP contribution in [-0.4, -0.2) is 33.9 Å². The predicted octanol–water partition coefficient (Wildman–Crippen LogP) is 2.12. The van der Waals surface area contributed by atoms with Crippen molar-refractivity contribution in [3.63, 3.8) is 0 Å². The maximum absolute atomic E-state index is 12.2. The van der Waals surface area contributed by atoms with Gasteiger partial charge in [-0.2, -0.15) is 17.2 Å². The normalized spacial score (nSPS) is 18.2. The molecular formula is C9H7ClF2O7S2. The van der Waals surface area contributed by atoms with E-state index in [-0.39, 0.29) is 4.88 Å². The van der Waals surface area contributed by atoms with Gasteiger partial charge in [0.05, 0.1) is 17.3 Å². The highest BCUT2D eigenvalue weighted by molar-refractivity contribution is 8.10. The smallest absolute Gasteiger partial charge is 0.401 e. The Kier molecular flexibility index (Phi) is 4.86. The zero-order valence-electron chi connectivity index (χ0n) is 9.95. The van der Waals surface area contributed by atoms with Gasteiger partial charge in [-0.15, -0.1) is 11.3 Å². The lowest BCUT2D eigenvalue weighted by Gasteiger charge is -2.25. The number of rotatable bonds is 6. The van der Waals surface area contributed by atoms with E-state index >= 15 is 0 Å². The third-order valence-corrected chi connectivity index (χ3v) is 3.67. The average Bonchev–Trinajstić information content (AvgIpc) is 2.64.